The van der Waals surface area contributed by atoms with Gasteiger partial charge in [0.15, 0.2) is 0 Å². The lowest BCUT2D eigenvalue weighted by Crippen LogP contribution is -2.47. The van der Waals surface area contributed by atoms with Crippen molar-refractivity contribution in [3.8, 4) is 0 Å². The number of ether oxygens (including phenoxy) is 1. The van der Waals surface area contributed by atoms with E-state index in [0.717, 1.165) is 37.8 Å². The second kappa shape index (κ2) is 5.10. The van der Waals surface area contributed by atoms with E-state index in [9.17, 15) is 9.90 Å². The number of hydrogen-bond acceptors (Lipinski definition) is 4. The average Bonchev–Trinajstić information content (AvgIpc) is 2.68. The number of rotatable bonds is 2. The highest BCUT2D eigenvalue weighted by Crippen LogP contribution is 2.56. The summed E-state index contributed by atoms with van der Waals surface area (Å²) < 4.78 is 5.70. The Labute approximate surface area is 127 Å². The molecule has 3 rings (SSSR count). The first-order chi connectivity index (χ1) is 9.82. The second-order valence-corrected chi connectivity index (χ2v) is 7.78. The highest BCUT2D eigenvalue weighted by Gasteiger charge is 2.56. The van der Waals surface area contributed by atoms with Crippen molar-refractivity contribution in [3.05, 3.63) is 12.2 Å². The van der Waals surface area contributed by atoms with Gasteiger partial charge in [-0.1, -0.05) is 13.5 Å². The molecule has 2 aliphatic carbocycles. The van der Waals surface area contributed by atoms with Crippen molar-refractivity contribution in [2.75, 3.05) is 20.6 Å². The fraction of sp³-hybridized carbons (Fsp3) is 0.824. The van der Waals surface area contributed by atoms with E-state index in [2.05, 4.69) is 18.4 Å². The van der Waals surface area contributed by atoms with Crippen LogP contribution in [0.2, 0.25) is 0 Å². The molecule has 0 amide bonds. The summed E-state index contributed by atoms with van der Waals surface area (Å²) >= 11 is 0. The smallest absolute Gasteiger partial charge is 0.310 e. The van der Waals surface area contributed by atoms with Gasteiger partial charge in [-0.05, 0) is 56.7 Å². The van der Waals surface area contributed by atoms with Gasteiger partial charge in [0, 0.05) is 12.5 Å². The fourth-order valence-corrected chi connectivity index (χ4v) is 4.79. The SMILES string of the molecule is C=C1[C@H](O)CC[C@]2(C)C[C@H]3OC(=O)C(CN(C)C)[C@H]3C[C@@H]12. The van der Waals surface area contributed by atoms with Gasteiger partial charge in [-0.2, -0.15) is 0 Å². The highest BCUT2D eigenvalue weighted by atomic mass is 16.6. The van der Waals surface area contributed by atoms with Gasteiger partial charge in [-0.15, -0.1) is 0 Å². The van der Waals surface area contributed by atoms with Gasteiger partial charge in [0.2, 0.25) is 0 Å². The van der Waals surface area contributed by atoms with Gasteiger partial charge < -0.3 is 14.7 Å². The summed E-state index contributed by atoms with van der Waals surface area (Å²) in [6, 6.07) is 0. The largest absolute Gasteiger partial charge is 0.462 e. The van der Waals surface area contributed by atoms with E-state index >= 15 is 0 Å². The summed E-state index contributed by atoms with van der Waals surface area (Å²) in [5.41, 5.74) is 1.11. The molecule has 1 saturated heterocycles. The predicted molar refractivity (Wildman–Crippen MR) is 80.6 cm³/mol. The molecule has 3 fully saturated rings. The van der Waals surface area contributed by atoms with Gasteiger partial charge >= 0.3 is 5.97 Å². The molecule has 1 unspecified atom stereocenters. The minimum absolute atomic E-state index is 0.0265. The zero-order valence-corrected chi connectivity index (χ0v) is 13.3. The Morgan fingerprint density at radius 1 is 1.48 bits per heavy atom. The van der Waals surface area contributed by atoms with Crippen LogP contribution in [0.5, 0.6) is 0 Å². The molecule has 0 radical (unpaired) electrons. The molecular weight excluding hydrogens is 266 g/mol. The number of fused-ring (bicyclic) bond motifs is 2. The first kappa shape index (κ1) is 15.0. The van der Waals surface area contributed by atoms with Crippen LogP contribution >= 0.6 is 0 Å². The van der Waals surface area contributed by atoms with Crippen LogP contribution in [0.3, 0.4) is 0 Å². The van der Waals surface area contributed by atoms with E-state index in [0.29, 0.717) is 5.92 Å². The number of esters is 1. The summed E-state index contributed by atoms with van der Waals surface area (Å²) in [7, 11) is 3.99. The minimum Gasteiger partial charge on any atom is -0.462 e. The van der Waals surface area contributed by atoms with Crippen LogP contribution in [0.15, 0.2) is 12.2 Å². The molecule has 0 aromatic heterocycles. The van der Waals surface area contributed by atoms with Crippen molar-refractivity contribution in [2.24, 2.45) is 23.2 Å². The zero-order chi connectivity index (χ0) is 15.4. The van der Waals surface area contributed by atoms with Crippen LogP contribution in [-0.2, 0) is 9.53 Å². The summed E-state index contributed by atoms with van der Waals surface area (Å²) in [5, 5.41) is 10.1. The van der Waals surface area contributed by atoms with Gasteiger partial charge in [0.25, 0.3) is 0 Å². The van der Waals surface area contributed by atoms with E-state index in [1.165, 1.54) is 0 Å². The number of aliphatic hydroxyl groups excluding tert-OH is 1. The summed E-state index contributed by atoms with van der Waals surface area (Å²) in [5.74, 6) is 0.537. The maximum atomic E-state index is 12.2. The summed E-state index contributed by atoms with van der Waals surface area (Å²) in [4.78, 5) is 14.3. The van der Waals surface area contributed by atoms with E-state index in [4.69, 9.17) is 4.74 Å². The lowest BCUT2D eigenvalue weighted by molar-refractivity contribution is -0.146. The maximum Gasteiger partial charge on any atom is 0.310 e. The normalized spacial score (nSPS) is 46.2. The lowest BCUT2D eigenvalue weighted by Gasteiger charge is -2.51. The van der Waals surface area contributed by atoms with Crippen molar-refractivity contribution >= 4 is 5.97 Å². The topological polar surface area (TPSA) is 49.8 Å². The van der Waals surface area contributed by atoms with Crippen molar-refractivity contribution in [1.29, 1.82) is 0 Å². The number of carbonyl (C=O) groups is 1. The standard InChI is InChI=1S/C17H27NO3/c1-10-13-7-11-12(9-18(3)4)16(20)21-15(11)8-17(13,2)6-5-14(10)19/h11-15,19H,1,5-9H2,2-4H3/t11-,12?,13+,14-,15-,17-/m1/s1. The second-order valence-electron chi connectivity index (χ2n) is 7.78. The van der Waals surface area contributed by atoms with Crippen LogP contribution in [0.1, 0.15) is 32.6 Å². The Morgan fingerprint density at radius 2 is 2.19 bits per heavy atom. The molecule has 1 aliphatic heterocycles. The summed E-state index contributed by atoms with van der Waals surface area (Å²) in [6.07, 6.45) is 3.33. The van der Waals surface area contributed by atoms with Crippen molar-refractivity contribution in [2.45, 2.75) is 44.8 Å². The van der Waals surface area contributed by atoms with Crippen LogP contribution in [-0.4, -0.2) is 48.8 Å². The molecule has 6 atom stereocenters. The molecule has 1 N–H and O–H groups in total. The molecule has 0 bridgehead atoms. The number of nitrogens with zero attached hydrogens (tertiary/aromatic N) is 1. The Morgan fingerprint density at radius 3 is 2.86 bits per heavy atom. The van der Waals surface area contributed by atoms with Crippen LogP contribution in [0, 0.1) is 23.2 Å². The predicted octanol–water partition coefficient (Wildman–Crippen LogP) is 1.83. The molecule has 4 nitrogen and oxygen atoms in total. The van der Waals surface area contributed by atoms with Crippen molar-refractivity contribution in [3.63, 3.8) is 0 Å². The fourth-order valence-electron chi connectivity index (χ4n) is 4.79. The van der Waals surface area contributed by atoms with E-state index < -0.39 is 0 Å². The lowest BCUT2D eigenvalue weighted by atomic mass is 9.54. The molecule has 0 aromatic carbocycles. The number of aliphatic hydroxyl groups is 1. The van der Waals surface area contributed by atoms with Gasteiger partial charge in [-0.3, -0.25) is 4.79 Å². The first-order valence-corrected chi connectivity index (χ1v) is 8.04. The Hall–Kier alpha value is -0.870. The molecule has 21 heavy (non-hydrogen) atoms. The number of carbonyl (C=O) groups excluding carboxylic acids is 1. The van der Waals surface area contributed by atoms with Gasteiger partial charge in [0.1, 0.15) is 6.10 Å². The Kier molecular flexibility index (Phi) is 3.65. The quantitative estimate of drug-likeness (QED) is 0.623. The molecule has 118 valence electrons. The molecule has 0 spiro atoms. The van der Waals surface area contributed by atoms with E-state index in [1.807, 2.05) is 14.1 Å². The number of hydrogen-bond donors (Lipinski definition) is 1. The molecule has 1 heterocycles. The maximum absolute atomic E-state index is 12.2. The van der Waals surface area contributed by atoms with E-state index in [1.54, 1.807) is 0 Å². The first-order valence-electron chi connectivity index (χ1n) is 8.04. The van der Waals surface area contributed by atoms with Crippen LogP contribution in [0.25, 0.3) is 0 Å². The third-order valence-electron chi connectivity index (χ3n) is 6.01. The molecule has 3 aliphatic rings. The Balaban J connectivity index is 1.84. The van der Waals surface area contributed by atoms with Crippen LogP contribution < -0.4 is 0 Å². The highest BCUT2D eigenvalue weighted by molar-refractivity contribution is 5.75. The molecule has 2 saturated carbocycles. The van der Waals surface area contributed by atoms with E-state index in [-0.39, 0.29) is 35.4 Å². The monoisotopic (exact) mass is 293 g/mol. The molecule has 0 aromatic rings. The van der Waals surface area contributed by atoms with Crippen LogP contribution in [0.4, 0.5) is 0 Å². The van der Waals surface area contributed by atoms with Gasteiger partial charge in [-0.25, -0.2) is 0 Å². The summed E-state index contributed by atoms with van der Waals surface area (Å²) in [6.45, 7) is 7.18. The minimum atomic E-state index is -0.370. The zero-order valence-electron chi connectivity index (χ0n) is 13.3. The van der Waals surface area contributed by atoms with Crippen molar-refractivity contribution in [1.82, 2.24) is 4.90 Å². The molecular formula is C17H27NO3. The van der Waals surface area contributed by atoms with Crippen molar-refractivity contribution < 1.29 is 14.6 Å². The molecule has 4 heteroatoms. The average molecular weight is 293 g/mol. The van der Waals surface area contributed by atoms with Gasteiger partial charge in [0.05, 0.1) is 12.0 Å². The third-order valence-corrected chi connectivity index (χ3v) is 6.01. The Bertz CT molecular complexity index is 461. The third kappa shape index (κ3) is 2.42.